The van der Waals surface area contributed by atoms with E-state index in [1.165, 1.54) is 0 Å². The van der Waals surface area contributed by atoms with E-state index in [0.717, 1.165) is 9.37 Å². The molecule has 1 amide bonds. The van der Waals surface area contributed by atoms with Gasteiger partial charge in [-0.1, -0.05) is 0 Å². The summed E-state index contributed by atoms with van der Waals surface area (Å²) in [5.74, 6) is -0.166. The molecular formula is C12H16BrNO2S. The van der Waals surface area contributed by atoms with E-state index in [2.05, 4.69) is 33.9 Å². The van der Waals surface area contributed by atoms with Gasteiger partial charge < -0.3 is 10.4 Å². The van der Waals surface area contributed by atoms with Crippen LogP contribution in [0.25, 0.3) is 0 Å². The number of hydrogen-bond donors (Lipinski definition) is 3. The molecule has 1 aromatic rings. The summed E-state index contributed by atoms with van der Waals surface area (Å²) in [7, 11) is 0. The molecule has 0 bridgehead atoms. The summed E-state index contributed by atoms with van der Waals surface area (Å²) in [4.78, 5) is 12.7. The maximum atomic E-state index is 12.0. The lowest BCUT2D eigenvalue weighted by Crippen LogP contribution is -2.34. The molecule has 0 saturated heterocycles. The predicted octanol–water partition coefficient (Wildman–Crippen LogP) is 2.63. The molecule has 1 rings (SSSR count). The maximum absolute atomic E-state index is 12.0. The van der Waals surface area contributed by atoms with Crippen LogP contribution in [-0.4, -0.2) is 23.2 Å². The minimum Gasteiger partial charge on any atom is -0.393 e. The predicted molar refractivity (Wildman–Crippen MR) is 74.6 cm³/mol. The van der Waals surface area contributed by atoms with Gasteiger partial charge in [-0.15, -0.1) is 12.6 Å². The van der Waals surface area contributed by atoms with Crippen LogP contribution in [0.2, 0.25) is 0 Å². The molecule has 3 nitrogen and oxygen atoms in total. The fraction of sp³-hybridized carbons (Fsp3) is 0.417. The first-order valence-corrected chi connectivity index (χ1v) is 6.61. The van der Waals surface area contributed by atoms with Crippen molar-refractivity contribution in [1.82, 2.24) is 5.32 Å². The number of carbonyl (C=O) groups excluding carboxylic acids is 1. The fourth-order valence-corrected chi connectivity index (χ4v) is 2.19. The lowest BCUT2D eigenvalue weighted by atomic mass is 10.1. The zero-order valence-corrected chi connectivity index (χ0v) is 12.3. The number of hydrogen-bond acceptors (Lipinski definition) is 3. The first-order chi connectivity index (χ1) is 7.90. The summed E-state index contributed by atoms with van der Waals surface area (Å²) in [6.07, 6.45) is 0.106. The molecule has 0 aromatic heterocycles. The third-order valence-corrected chi connectivity index (χ3v) is 3.24. The van der Waals surface area contributed by atoms with E-state index in [1.807, 2.05) is 13.0 Å². The summed E-state index contributed by atoms with van der Waals surface area (Å²) >= 11 is 7.53. The van der Waals surface area contributed by atoms with Gasteiger partial charge >= 0.3 is 0 Å². The monoisotopic (exact) mass is 317 g/mol. The van der Waals surface area contributed by atoms with Crippen LogP contribution in [0.5, 0.6) is 0 Å². The van der Waals surface area contributed by atoms with Gasteiger partial charge in [0.2, 0.25) is 0 Å². The van der Waals surface area contributed by atoms with E-state index < -0.39 is 6.10 Å². The molecule has 0 spiro atoms. The smallest absolute Gasteiger partial charge is 0.252 e. The van der Waals surface area contributed by atoms with Gasteiger partial charge in [-0.3, -0.25) is 4.79 Å². The highest BCUT2D eigenvalue weighted by molar-refractivity contribution is 9.10. The van der Waals surface area contributed by atoms with Crippen molar-refractivity contribution >= 4 is 34.5 Å². The summed E-state index contributed by atoms with van der Waals surface area (Å²) in [6.45, 7) is 3.57. The molecule has 0 fully saturated rings. The number of thiol groups is 1. The molecule has 0 aliphatic carbocycles. The van der Waals surface area contributed by atoms with Crippen LogP contribution in [0.4, 0.5) is 0 Å². The summed E-state index contributed by atoms with van der Waals surface area (Å²) in [5, 5.41) is 12.1. The van der Waals surface area contributed by atoms with Gasteiger partial charge in [-0.2, -0.15) is 0 Å². The molecule has 0 saturated carbocycles. The van der Waals surface area contributed by atoms with Crippen molar-refractivity contribution in [2.75, 3.05) is 0 Å². The van der Waals surface area contributed by atoms with Crippen molar-refractivity contribution in [2.24, 2.45) is 0 Å². The number of carbonyl (C=O) groups is 1. The van der Waals surface area contributed by atoms with Crippen LogP contribution in [0.3, 0.4) is 0 Å². The maximum Gasteiger partial charge on any atom is 0.252 e. The molecular weight excluding hydrogens is 302 g/mol. The molecule has 2 N–H and O–H groups in total. The van der Waals surface area contributed by atoms with Crippen LogP contribution in [0.15, 0.2) is 27.6 Å². The summed E-state index contributed by atoms with van der Waals surface area (Å²) in [6, 6.07) is 5.23. The Labute approximate surface area is 115 Å². The molecule has 0 heterocycles. The molecule has 94 valence electrons. The van der Waals surface area contributed by atoms with E-state index in [-0.39, 0.29) is 11.9 Å². The zero-order valence-electron chi connectivity index (χ0n) is 9.77. The van der Waals surface area contributed by atoms with Crippen LogP contribution < -0.4 is 5.32 Å². The molecule has 17 heavy (non-hydrogen) atoms. The molecule has 2 unspecified atom stereocenters. The quantitative estimate of drug-likeness (QED) is 0.748. The molecule has 2 atom stereocenters. The number of aliphatic hydroxyl groups excluding tert-OH is 1. The number of nitrogens with one attached hydrogen (secondary N) is 1. The van der Waals surface area contributed by atoms with Crippen LogP contribution in [-0.2, 0) is 0 Å². The van der Waals surface area contributed by atoms with Gasteiger partial charge in [0.05, 0.1) is 11.7 Å². The van der Waals surface area contributed by atoms with Gasteiger partial charge in [-0.05, 0) is 54.4 Å². The number of halogens is 1. The zero-order chi connectivity index (χ0) is 13.0. The minimum atomic E-state index is -0.426. The van der Waals surface area contributed by atoms with Crippen molar-refractivity contribution < 1.29 is 9.90 Å². The SMILES string of the molecule is CC(O)CC(C)NC(=O)c1cc(S)ccc1Br. The molecule has 0 aliphatic rings. The van der Waals surface area contributed by atoms with E-state index in [1.54, 1.807) is 19.1 Å². The lowest BCUT2D eigenvalue weighted by molar-refractivity contribution is 0.0922. The highest BCUT2D eigenvalue weighted by atomic mass is 79.9. The van der Waals surface area contributed by atoms with Gasteiger partial charge in [0.15, 0.2) is 0 Å². The molecule has 1 aromatic carbocycles. The molecule has 0 aliphatic heterocycles. The number of amides is 1. The first-order valence-electron chi connectivity index (χ1n) is 5.37. The topological polar surface area (TPSA) is 49.3 Å². The Morgan fingerprint density at radius 1 is 1.53 bits per heavy atom. The van der Waals surface area contributed by atoms with Crippen LogP contribution in [0.1, 0.15) is 30.6 Å². The number of rotatable bonds is 4. The summed E-state index contributed by atoms with van der Waals surface area (Å²) in [5.41, 5.74) is 0.551. The van der Waals surface area contributed by atoms with E-state index in [9.17, 15) is 9.90 Å². The van der Waals surface area contributed by atoms with E-state index >= 15 is 0 Å². The Bertz CT molecular complexity index is 409. The molecule has 0 radical (unpaired) electrons. The Morgan fingerprint density at radius 3 is 2.76 bits per heavy atom. The van der Waals surface area contributed by atoms with Crippen molar-refractivity contribution in [3.05, 3.63) is 28.2 Å². The van der Waals surface area contributed by atoms with Gasteiger partial charge in [0, 0.05) is 15.4 Å². The van der Waals surface area contributed by atoms with Crippen molar-refractivity contribution in [3.8, 4) is 0 Å². The second kappa shape index (κ2) is 6.42. The van der Waals surface area contributed by atoms with Gasteiger partial charge in [-0.25, -0.2) is 0 Å². The summed E-state index contributed by atoms with van der Waals surface area (Å²) < 4.78 is 0.733. The highest BCUT2D eigenvalue weighted by Crippen LogP contribution is 2.20. The van der Waals surface area contributed by atoms with E-state index in [4.69, 9.17) is 0 Å². The van der Waals surface area contributed by atoms with Crippen LogP contribution >= 0.6 is 28.6 Å². The fourth-order valence-electron chi connectivity index (χ4n) is 1.56. The van der Waals surface area contributed by atoms with Crippen LogP contribution in [0, 0.1) is 0 Å². The molecule has 5 heteroatoms. The van der Waals surface area contributed by atoms with Gasteiger partial charge in [0.25, 0.3) is 5.91 Å². The van der Waals surface area contributed by atoms with Crippen molar-refractivity contribution in [1.29, 1.82) is 0 Å². The Hall–Kier alpha value is -0.520. The Morgan fingerprint density at radius 2 is 2.18 bits per heavy atom. The first kappa shape index (κ1) is 14.5. The lowest BCUT2D eigenvalue weighted by Gasteiger charge is -2.16. The Kier molecular flexibility index (Phi) is 5.49. The Balaban J connectivity index is 2.73. The third kappa shape index (κ3) is 4.69. The standard InChI is InChI=1S/C12H16BrNO2S/c1-7(5-8(2)15)14-12(16)10-6-9(17)3-4-11(10)13/h3-4,6-8,15,17H,5H2,1-2H3,(H,14,16). The highest BCUT2D eigenvalue weighted by Gasteiger charge is 2.14. The normalized spacial score (nSPS) is 14.2. The largest absolute Gasteiger partial charge is 0.393 e. The number of benzene rings is 1. The van der Waals surface area contributed by atoms with Crippen molar-refractivity contribution in [2.45, 2.75) is 37.3 Å². The van der Waals surface area contributed by atoms with E-state index in [0.29, 0.717) is 12.0 Å². The third-order valence-electron chi connectivity index (χ3n) is 2.27. The second-order valence-electron chi connectivity index (χ2n) is 4.12. The average Bonchev–Trinajstić information content (AvgIpc) is 2.20. The minimum absolute atomic E-state index is 0.0713. The van der Waals surface area contributed by atoms with Crippen molar-refractivity contribution in [3.63, 3.8) is 0 Å². The van der Waals surface area contributed by atoms with Gasteiger partial charge in [0.1, 0.15) is 0 Å². The second-order valence-corrected chi connectivity index (χ2v) is 5.49. The number of aliphatic hydroxyl groups is 1. The average molecular weight is 318 g/mol.